The molecule has 0 bridgehead atoms. The first-order valence-corrected chi connectivity index (χ1v) is 9.25. The first kappa shape index (κ1) is 22.4. The van der Waals surface area contributed by atoms with E-state index in [0.29, 0.717) is 35.7 Å². The van der Waals surface area contributed by atoms with Gasteiger partial charge >= 0.3 is 0 Å². The molecule has 154 valence electrons. The highest BCUT2D eigenvalue weighted by molar-refractivity contribution is 6.34. The fraction of sp³-hybridized carbons (Fsp3) is 0.286. The van der Waals surface area contributed by atoms with Gasteiger partial charge in [0.1, 0.15) is 5.75 Å². The summed E-state index contributed by atoms with van der Waals surface area (Å²) in [6.45, 7) is 3.75. The van der Waals surface area contributed by atoms with E-state index in [1.165, 1.54) is 12.1 Å². The minimum atomic E-state index is -0.436. The Hall–Kier alpha value is -2.90. The highest BCUT2D eigenvalue weighted by Crippen LogP contribution is 2.30. The third kappa shape index (κ3) is 4.75. The number of amides is 3. The number of fused-ring (bicyclic) bond motifs is 1. The van der Waals surface area contributed by atoms with E-state index in [-0.39, 0.29) is 23.9 Å². The number of halogens is 1. The lowest BCUT2D eigenvalue weighted by atomic mass is 10.1. The van der Waals surface area contributed by atoms with Crippen LogP contribution in [0.1, 0.15) is 44.4 Å². The SMILES string of the molecule is CCOc1ccc(N2C(=O)c3ccc(C(=O)NCCCNC)cc3C2=O)cc1.Cl. The second-order valence-corrected chi connectivity index (χ2v) is 6.35. The number of carbonyl (C=O) groups is 3. The summed E-state index contributed by atoms with van der Waals surface area (Å²) < 4.78 is 5.39. The number of imide groups is 1. The van der Waals surface area contributed by atoms with Gasteiger partial charge in [-0.2, -0.15) is 0 Å². The molecule has 3 rings (SSSR count). The molecule has 2 aromatic rings. The quantitative estimate of drug-likeness (QED) is 0.509. The number of benzene rings is 2. The molecule has 1 aliphatic heterocycles. The molecular formula is C21H24ClN3O4. The number of carbonyl (C=O) groups excluding carboxylic acids is 3. The molecule has 0 aromatic heterocycles. The lowest BCUT2D eigenvalue weighted by Gasteiger charge is -2.14. The second-order valence-electron chi connectivity index (χ2n) is 6.35. The third-order valence-electron chi connectivity index (χ3n) is 4.44. The fourth-order valence-corrected chi connectivity index (χ4v) is 3.04. The lowest BCUT2D eigenvalue weighted by Crippen LogP contribution is -2.29. The van der Waals surface area contributed by atoms with Crippen molar-refractivity contribution in [3.63, 3.8) is 0 Å². The molecule has 0 saturated carbocycles. The zero-order valence-electron chi connectivity index (χ0n) is 16.4. The molecule has 7 nitrogen and oxygen atoms in total. The van der Waals surface area contributed by atoms with Crippen LogP contribution in [0.4, 0.5) is 5.69 Å². The lowest BCUT2D eigenvalue weighted by molar-refractivity contribution is 0.0923. The molecule has 0 spiro atoms. The summed E-state index contributed by atoms with van der Waals surface area (Å²) >= 11 is 0. The number of hydrogen-bond donors (Lipinski definition) is 2. The van der Waals surface area contributed by atoms with Gasteiger partial charge in [-0.3, -0.25) is 14.4 Å². The molecule has 1 aliphatic rings. The van der Waals surface area contributed by atoms with Gasteiger partial charge in [-0.1, -0.05) is 0 Å². The Morgan fingerprint density at radius 3 is 2.34 bits per heavy atom. The van der Waals surface area contributed by atoms with Gasteiger partial charge in [0.05, 0.1) is 23.4 Å². The molecule has 8 heteroatoms. The monoisotopic (exact) mass is 417 g/mol. The summed E-state index contributed by atoms with van der Waals surface area (Å²) in [7, 11) is 1.85. The largest absolute Gasteiger partial charge is 0.494 e. The van der Waals surface area contributed by atoms with E-state index in [2.05, 4.69) is 10.6 Å². The summed E-state index contributed by atoms with van der Waals surface area (Å²) in [6, 6.07) is 11.4. The number of anilines is 1. The minimum absolute atomic E-state index is 0. The van der Waals surface area contributed by atoms with Crippen molar-refractivity contribution in [3.8, 4) is 5.75 Å². The van der Waals surface area contributed by atoms with Gasteiger partial charge in [0.15, 0.2) is 0 Å². The van der Waals surface area contributed by atoms with Crippen molar-refractivity contribution in [1.29, 1.82) is 0 Å². The number of rotatable bonds is 8. The molecule has 0 atom stereocenters. The molecule has 1 heterocycles. The smallest absolute Gasteiger partial charge is 0.266 e. The Bertz CT molecular complexity index is 899. The Labute approximate surface area is 175 Å². The molecule has 0 unspecified atom stereocenters. The summed E-state index contributed by atoms with van der Waals surface area (Å²) in [5.41, 5.74) is 1.36. The van der Waals surface area contributed by atoms with E-state index in [1.807, 2.05) is 14.0 Å². The van der Waals surface area contributed by atoms with Crippen molar-refractivity contribution in [2.45, 2.75) is 13.3 Å². The van der Waals surface area contributed by atoms with Crippen molar-refractivity contribution < 1.29 is 19.1 Å². The number of nitrogens with one attached hydrogen (secondary N) is 2. The van der Waals surface area contributed by atoms with E-state index in [0.717, 1.165) is 17.9 Å². The van der Waals surface area contributed by atoms with Gasteiger partial charge in [0.2, 0.25) is 0 Å². The number of ether oxygens (including phenoxy) is 1. The number of hydrogen-bond acceptors (Lipinski definition) is 5. The molecule has 0 fully saturated rings. The van der Waals surface area contributed by atoms with Crippen molar-refractivity contribution >= 4 is 35.8 Å². The Kier molecular flexibility index (Phi) is 7.75. The predicted molar refractivity (Wildman–Crippen MR) is 113 cm³/mol. The van der Waals surface area contributed by atoms with Crippen LogP contribution in [-0.4, -0.2) is 44.5 Å². The third-order valence-corrected chi connectivity index (χ3v) is 4.44. The van der Waals surface area contributed by atoms with E-state index in [9.17, 15) is 14.4 Å². The van der Waals surface area contributed by atoms with Gasteiger partial charge in [0, 0.05) is 12.1 Å². The molecule has 2 aromatic carbocycles. The van der Waals surface area contributed by atoms with E-state index in [1.54, 1.807) is 30.3 Å². The van der Waals surface area contributed by atoms with Gasteiger partial charge in [-0.25, -0.2) is 4.90 Å². The highest BCUT2D eigenvalue weighted by atomic mass is 35.5. The van der Waals surface area contributed by atoms with Crippen LogP contribution in [0, 0.1) is 0 Å². The Balaban J connectivity index is 0.00000300. The average Bonchev–Trinajstić information content (AvgIpc) is 2.96. The Morgan fingerprint density at radius 2 is 1.69 bits per heavy atom. The zero-order valence-corrected chi connectivity index (χ0v) is 17.2. The minimum Gasteiger partial charge on any atom is -0.494 e. The second kappa shape index (κ2) is 10.0. The summed E-state index contributed by atoms with van der Waals surface area (Å²) in [5.74, 6) is -0.433. The van der Waals surface area contributed by atoms with Gasteiger partial charge in [-0.15, -0.1) is 12.4 Å². The van der Waals surface area contributed by atoms with E-state index >= 15 is 0 Å². The normalized spacial score (nSPS) is 12.4. The van der Waals surface area contributed by atoms with Crippen molar-refractivity contribution in [1.82, 2.24) is 10.6 Å². The summed E-state index contributed by atoms with van der Waals surface area (Å²) in [5, 5.41) is 5.82. The molecular weight excluding hydrogens is 394 g/mol. The van der Waals surface area contributed by atoms with Crippen LogP contribution in [0.25, 0.3) is 0 Å². The maximum Gasteiger partial charge on any atom is 0.266 e. The van der Waals surface area contributed by atoms with Gasteiger partial charge < -0.3 is 15.4 Å². The topological polar surface area (TPSA) is 87.7 Å². The van der Waals surface area contributed by atoms with Crippen LogP contribution in [0.15, 0.2) is 42.5 Å². The molecule has 0 aliphatic carbocycles. The van der Waals surface area contributed by atoms with Crippen LogP contribution in [0.5, 0.6) is 5.75 Å². The molecule has 3 amide bonds. The van der Waals surface area contributed by atoms with Crippen molar-refractivity contribution in [2.75, 3.05) is 31.6 Å². The fourth-order valence-electron chi connectivity index (χ4n) is 3.04. The summed E-state index contributed by atoms with van der Waals surface area (Å²) in [6.07, 6.45) is 0.802. The number of nitrogens with zero attached hydrogens (tertiary/aromatic N) is 1. The molecule has 0 radical (unpaired) electrons. The zero-order chi connectivity index (χ0) is 20.1. The highest BCUT2D eigenvalue weighted by Gasteiger charge is 2.37. The van der Waals surface area contributed by atoms with E-state index in [4.69, 9.17) is 4.74 Å². The van der Waals surface area contributed by atoms with Crippen LogP contribution in [0.3, 0.4) is 0 Å². The van der Waals surface area contributed by atoms with Crippen LogP contribution < -0.4 is 20.3 Å². The summed E-state index contributed by atoms with van der Waals surface area (Å²) in [4.78, 5) is 38.9. The van der Waals surface area contributed by atoms with E-state index < -0.39 is 11.8 Å². The van der Waals surface area contributed by atoms with Crippen LogP contribution in [0.2, 0.25) is 0 Å². The maximum atomic E-state index is 12.8. The molecule has 29 heavy (non-hydrogen) atoms. The van der Waals surface area contributed by atoms with Gasteiger partial charge in [0.25, 0.3) is 17.7 Å². The van der Waals surface area contributed by atoms with Crippen LogP contribution >= 0.6 is 12.4 Å². The Morgan fingerprint density at radius 1 is 1.00 bits per heavy atom. The van der Waals surface area contributed by atoms with Gasteiger partial charge in [-0.05, 0) is 69.4 Å². The average molecular weight is 418 g/mol. The van der Waals surface area contributed by atoms with Crippen molar-refractivity contribution in [3.05, 3.63) is 59.2 Å². The standard InChI is InChI=1S/C21H23N3O4.ClH/c1-3-28-16-8-6-15(7-9-16)24-20(26)17-10-5-14(13-18(17)21(24)27)19(25)23-12-4-11-22-2;/h5-10,13,22H,3-4,11-12H2,1-2H3,(H,23,25);1H. The maximum absolute atomic E-state index is 12.8. The first-order chi connectivity index (χ1) is 13.6. The molecule has 2 N–H and O–H groups in total. The van der Waals surface area contributed by atoms with Crippen LogP contribution in [-0.2, 0) is 0 Å². The first-order valence-electron chi connectivity index (χ1n) is 9.25. The molecule has 0 saturated heterocycles. The van der Waals surface area contributed by atoms with Crippen molar-refractivity contribution in [2.24, 2.45) is 0 Å². The predicted octanol–water partition coefficient (Wildman–Crippen LogP) is 2.65.